The lowest BCUT2D eigenvalue weighted by molar-refractivity contribution is 0.198. The Balaban J connectivity index is 2.94. The summed E-state index contributed by atoms with van der Waals surface area (Å²) in [5.41, 5.74) is 1.00. The molecule has 0 fully saturated rings. The lowest BCUT2D eigenvalue weighted by atomic mass is 10.1. The molecule has 1 aromatic carbocycles. The van der Waals surface area contributed by atoms with Gasteiger partial charge in [-0.05, 0) is 32.0 Å². The predicted molar refractivity (Wildman–Crippen MR) is 72.3 cm³/mol. The van der Waals surface area contributed by atoms with Crippen molar-refractivity contribution in [1.29, 1.82) is 0 Å². The van der Waals surface area contributed by atoms with Crippen LogP contribution in [-0.4, -0.2) is 32.0 Å². The van der Waals surface area contributed by atoms with Crippen molar-refractivity contribution in [2.45, 2.75) is 26.3 Å². The molecular weight excluding hydrogens is 230 g/mol. The van der Waals surface area contributed by atoms with Crippen LogP contribution in [-0.2, 0) is 0 Å². The zero-order chi connectivity index (χ0) is 13.4. The van der Waals surface area contributed by atoms with Crippen LogP contribution in [0.1, 0.15) is 31.9 Å². The second-order valence-corrected chi connectivity index (χ2v) is 4.12. The van der Waals surface area contributed by atoms with Gasteiger partial charge in [-0.1, -0.05) is 13.0 Å². The topological polar surface area (TPSA) is 50.7 Å². The highest BCUT2D eigenvalue weighted by molar-refractivity contribution is 5.46. The summed E-state index contributed by atoms with van der Waals surface area (Å²) in [6.07, 6.45) is 1.08. The first-order valence-electron chi connectivity index (χ1n) is 6.38. The van der Waals surface area contributed by atoms with Crippen LogP contribution < -0.4 is 14.8 Å². The summed E-state index contributed by atoms with van der Waals surface area (Å²) in [6.45, 7) is 5.46. The van der Waals surface area contributed by atoms with Gasteiger partial charge >= 0.3 is 0 Å². The number of methoxy groups -OCH3 is 1. The third kappa shape index (κ3) is 3.89. The van der Waals surface area contributed by atoms with Crippen LogP contribution in [0, 0.1) is 0 Å². The Hall–Kier alpha value is -1.26. The molecule has 1 rings (SSSR count). The maximum Gasteiger partial charge on any atom is 0.127 e. The van der Waals surface area contributed by atoms with Gasteiger partial charge in [-0.15, -0.1) is 0 Å². The maximum atomic E-state index is 8.85. The van der Waals surface area contributed by atoms with Gasteiger partial charge in [-0.2, -0.15) is 0 Å². The number of ether oxygens (including phenoxy) is 2. The first-order chi connectivity index (χ1) is 8.74. The first-order valence-corrected chi connectivity index (χ1v) is 6.38. The molecule has 4 heteroatoms. The fraction of sp³-hybridized carbons (Fsp3) is 0.571. The average Bonchev–Trinajstić information content (AvgIpc) is 2.41. The van der Waals surface area contributed by atoms with Crippen molar-refractivity contribution in [1.82, 2.24) is 5.32 Å². The van der Waals surface area contributed by atoms with E-state index in [2.05, 4.69) is 19.2 Å². The molecule has 102 valence electrons. The van der Waals surface area contributed by atoms with E-state index < -0.39 is 0 Å². The zero-order valence-corrected chi connectivity index (χ0v) is 11.4. The summed E-state index contributed by atoms with van der Waals surface area (Å²) in [5.74, 6) is 1.57. The van der Waals surface area contributed by atoms with Gasteiger partial charge < -0.3 is 19.9 Å². The molecule has 1 atom stereocenters. The highest BCUT2D eigenvalue weighted by atomic mass is 16.5. The fourth-order valence-corrected chi connectivity index (χ4v) is 1.87. The van der Waals surface area contributed by atoms with Crippen molar-refractivity contribution >= 4 is 0 Å². The Bertz CT molecular complexity index is 355. The lowest BCUT2D eigenvalue weighted by Gasteiger charge is -2.20. The number of benzene rings is 1. The summed E-state index contributed by atoms with van der Waals surface area (Å²) >= 11 is 0. The maximum absolute atomic E-state index is 8.85. The number of aliphatic hydroxyl groups excluding tert-OH is 1. The van der Waals surface area contributed by atoms with E-state index >= 15 is 0 Å². The molecule has 0 saturated heterocycles. The van der Waals surface area contributed by atoms with Crippen LogP contribution in [0.3, 0.4) is 0 Å². The molecule has 0 radical (unpaired) electrons. The normalized spacial score (nSPS) is 12.2. The van der Waals surface area contributed by atoms with E-state index in [1.54, 1.807) is 7.11 Å². The number of nitrogens with one attached hydrogen (secondary N) is 1. The molecule has 1 unspecified atom stereocenters. The van der Waals surface area contributed by atoms with Gasteiger partial charge in [0.15, 0.2) is 0 Å². The highest BCUT2D eigenvalue weighted by Gasteiger charge is 2.16. The molecule has 4 nitrogen and oxygen atoms in total. The highest BCUT2D eigenvalue weighted by Crippen LogP contribution is 2.33. The van der Waals surface area contributed by atoms with Gasteiger partial charge in [0.2, 0.25) is 0 Å². The van der Waals surface area contributed by atoms with Crippen molar-refractivity contribution in [3.05, 3.63) is 23.8 Å². The third-order valence-electron chi connectivity index (χ3n) is 2.73. The van der Waals surface area contributed by atoms with E-state index in [4.69, 9.17) is 14.6 Å². The monoisotopic (exact) mass is 253 g/mol. The van der Waals surface area contributed by atoms with E-state index in [-0.39, 0.29) is 12.6 Å². The largest absolute Gasteiger partial charge is 0.496 e. The van der Waals surface area contributed by atoms with Gasteiger partial charge in [0.05, 0.1) is 19.3 Å². The van der Waals surface area contributed by atoms with Gasteiger partial charge in [0.25, 0.3) is 0 Å². The molecule has 0 heterocycles. The van der Waals surface area contributed by atoms with Crippen LogP contribution >= 0.6 is 0 Å². The van der Waals surface area contributed by atoms with Gasteiger partial charge in [0.1, 0.15) is 18.1 Å². The molecular formula is C14H23NO3. The predicted octanol–water partition coefficient (Wildman–Crippen LogP) is 2.13. The zero-order valence-electron chi connectivity index (χ0n) is 11.4. The van der Waals surface area contributed by atoms with Crippen LogP contribution in [0.2, 0.25) is 0 Å². The van der Waals surface area contributed by atoms with Gasteiger partial charge in [0, 0.05) is 6.04 Å². The number of hydrogen-bond donors (Lipinski definition) is 2. The minimum atomic E-state index is 0.00736. The second-order valence-electron chi connectivity index (χ2n) is 4.12. The van der Waals surface area contributed by atoms with E-state index in [9.17, 15) is 0 Å². The van der Waals surface area contributed by atoms with Crippen LogP contribution in [0.4, 0.5) is 0 Å². The third-order valence-corrected chi connectivity index (χ3v) is 2.73. The van der Waals surface area contributed by atoms with Crippen LogP contribution in [0.25, 0.3) is 0 Å². The average molecular weight is 253 g/mol. The summed E-state index contributed by atoms with van der Waals surface area (Å²) < 4.78 is 10.9. The van der Waals surface area contributed by atoms with Gasteiger partial charge in [-0.25, -0.2) is 0 Å². The van der Waals surface area contributed by atoms with Crippen LogP contribution in [0.15, 0.2) is 18.2 Å². The Morgan fingerprint density at radius 2 is 2.06 bits per heavy atom. The molecule has 0 saturated carbocycles. The summed E-state index contributed by atoms with van der Waals surface area (Å²) in [7, 11) is 1.65. The van der Waals surface area contributed by atoms with E-state index in [1.807, 2.05) is 18.2 Å². The molecule has 0 bridgehead atoms. The quantitative estimate of drug-likeness (QED) is 0.745. The number of hydrogen-bond acceptors (Lipinski definition) is 4. The van der Waals surface area contributed by atoms with Crippen molar-refractivity contribution < 1.29 is 14.6 Å². The standard InChI is InChI=1S/C14H23NO3/c1-4-8-15-11(2)14-12(17-3)6-5-7-13(14)18-10-9-16/h5-7,11,15-16H,4,8-10H2,1-3H3. The molecule has 0 aromatic heterocycles. The number of rotatable bonds is 8. The first kappa shape index (κ1) is 14.8. The molecule has 0 aliphatic carbocycles. The Morgan fingerprint density at radius 3 is 2.67 bits per heavy atom. The number of aliphatic hydroxyl groups is 1. The molecule has 0 amide bonds. The summed E-state index contributed by atoms with van der Waals surface area (Å²) in [5, 5.41) is 12.3. The molecule has 0 aliphatic heterocycles. The molecule has 2 N–H and O–H groups in total. The molecule has 1 aromatic rings. The van der Waals surface area contributed by atoms with Crippen molar-refractivity contribution in [2.24, 2.45) is 0 Å². The molecule has 0 aliphatic rings. The van der Waals surface area contributed by atoms with E-state index in [0.717, 1.165) is 30.0 Å². The van der Waals surface area contributed by atoms with E-state index in [0.29, 0.717) is 6.61 Å². The smallest absolute Gasteiger partial charge is 0.127 e. The summed E-state index contributed by atoms with van der Waals surface area (Å²) in [4.78, 5) is 0. The van der Waals surface area contributed by atoms with E-state index in [1.165, 1.54) is 0 Å². The van der Waals surface area contributed by atoms with Crippen molar-refractivity contribution in [2.75, 3.05) is 26.9 Å². The second kappa shape index (κ2) is 7.95. The molecule has 18 heavy (non-hydrogen) atoms. The molecule has 0 spiro atoms. The fourth-order valence-electron chi connectivity index (χ4n) is 1.87. The Kier molecular flexibility index (Phi) is 6.54. The summed E-state index contributed by atoms with van der Waals surface area (Å²) in [6, 6.07) is 5.86. The minimum absolute atomic E-state index is 0.00736. The minimum Gasteiger partial charge on any atom is -0.496 e. The van der Waals surface area contributed by atoms with Gasteiger partial charge in [-0.3, -0.25) is 0 Å². The SMILES string of the molecule is CCCNC(C)c1c(OC)cccc1OCCO. The Labute approximate surface area is 109 Å². The van der Waals surface area contributed by atoms with Crippen molar-refractivity contribution in [3.63, 3.8) is 0 Å². The van der Waals surface area contributed by atoms with Crippen molar-refractivity contribution in [3.8, 4) is 11.5 Å². The van der Waals surface area contributed by atoms with Crippen LogP contribution in [0.5, 0.6) is 11.5 Å². The lowest BCUT2D eigenvalue weighted by Crippen LogP contribution is -2.21. The Morgan fingerprint density at radius 1 is 1.33 bits per heavy atom.